The summed E-state index contributed by atoms with van der Waals surface area (Å²) in [7, 11) is 0. The maximum absolute atomic E-state index is 5.89. The van der Waals surface area contributed by atoms with Crippen LogP contribution in [0.25, 0.3) is 55.8 Å². The van der Waals surface area contributed by atoms with Crippen LogP contribution in [-0.2, 0) is 0 Å². The number of hydrogen-bond acceptors (Lipinski definition) is 6. The molecular formula is C23H16N8. The molecule has 0 amide bonds. The standard InChI is InChI=1S/C23H16N8/c24-15-8-14(11-26-12-15)18-3-4-19-21(28-18)22(31-30-19)20-9-17-16(5-7-27-23(17)29-20)13-2-1-6-25-10-13/h1-12H,24H2,(H,27,29)(H,30,31). The van der Waals surface area contributed by atoms with E-state index in [0.717, 1.165) is 55.8 Å². The zero-order valence-electron chi connectivity index (χ0n) is 16.2. The zero-order valence-corrected chi connectivity index (χ0v) is 16.2. The largest absolute Gasteiger partial charge is 0.397 e. The average Bonchev–Trinajstić information content (AvgIpc) is 3.43. The highest BCUT2D eigenvalue weighted by atomic mass is 15.1. The molecule has 0 aliphatic carbocycles. The van der Waals surface area contributed by atoms with Gasteiger partial charge in [0.25, 0.3) is 0 Å². The van der Waals surface area contributed by atoms with Crippen LogP contribution in [0.5, 0.6) is 0 Å². The minimum atomic E-state index is 0.594. The lowest BCUT2D eigenvalue weighted by atomic mass is 10.1. The van der Waals surface area contributed by atoms with Crippen molar-refractivity contribution in [3.05, 3.63) is 73.4 Å². The van der Waals surface area contributed by atoms with E-state index in [1.54, 1.807) is 24.8 Å². The molecule has 0 aromatic carbocycles. The molecule has 0 radical (unpaired) electrons. The Morgan fingerprint density at radius 3 is 2.68 bits per heavy atom. The number of fused-ring (bicyclic) bond motifs is 2. The number of anilines is 1. The van der Waals surface area contributed by atoms with Gasteiger partial charge in [0.2, 0.25) is 0 Å². The molecule has 4 N–H and O–H groups in total. The predicted octanol–water partition coefficient (Wildman–Crippen LogP) is 4.21. The number of hydrogen-bond donors (Lipinski definition) is 3. The summed E-state index contributed by atoms with van der Waals surface area (Å²) in [4.78, 5) is 21.1. The van der Waals surface area contributed by atoms with Crippen LogP contribution in [0.2, 0.25) is 0 Å². The first-order valence-corrected chi connectivity index (χ1v) is 9.71. The fraction of sp³-hybridized carbons (Fsp3) is 0. The molecule has 0 saturated carbocycles. The van der Waals surface area contributed by atoms with Gasteiger partial charge in [-0.25, -0.2) is 9.97 Å². The predicted molar refractivity (Wildman–Crippen MR) is 120 cm³/mol. The number of nitrogen functional groups attached to an aromatic ring is 1. The summed E-state index contributed by atoms with van der Waals surface area (Å²) in [5.74, 6) is 0. The molecule has 0 spiro atoms. The zero-order chi connectivity index (χ0) is 20.8. The molecular weight excluding hydrogens is 388 g/mol. The van der Waals surface area contributed by atoms with E-state index in [9.17, 15) is 0 Å². The Kier molecular flexibility index (Phi) is 3.76. The van der Waals surface area contributed by atoms with Crippen LogP contribution < -0.4 is 5.73 Å². The second kappa shape index (κ2) is 6.74. The van der Waals surface area contributed by atoms with Crippen molar-refractivity contribution in [1.82, 2.24) is 35.1 Å². The van der Waals surface area contributed by atoms with Crippen molar-refractivity contribution in [1.29, 1.82) is 0 Å². The highest BCUT2D eigenvalue weighted by Crippen LogP contribution is 2.33. The molecule has 6 aromatic heterocycles. The van der Waals surface area contributed by atoms with Crippen LogP contribution in [-0.4, -0.2) is 35.1 Å². The normalized spacial score (nSPS) is 11.4. The van der Waals surface area contributed by atoms with E-state index < -0.39 is 0 Å². The molecule has 6 aromatic rings. The first-order chi connectivity index (χ1) is 15.3. The highest BCUT2D eigenvalue weighted by Gasteiger charge is 2.16. The van der Waals surface area contributed by atoms with Crippen molar-refractivity contribution >= 4 is 27.8 Å². The van der Waals surface area contributed by atoms with E-state index in [-0.39, 0.29) is 0 Å². The molecule has 0 fully saturated rings. The fourth-order valence-corrected chi connectivity index (χ4v) is 3.77. The van der Waals surface area contributed by atoms with Gasteiger partial charge in [0, 0.05) is 47.5 Å². The van der Waals surface area contributed by atoms with E-state index in [1.807, 2.05) is 42.6 Å². The van der Waals surface area contributed by atoms with Crippen LogP contribution in [0, 0.1) is 0 Å². The van der Waals surface area contributed by atoms with Crippen LogP contribution in [0.4, 0.5) is 5.69 Å². The molecule has 8 heteroatoms. The van der Waals surface area contributed by atoms with Gasteiger partial charge in [0.1, 0.15) is 16.9 Å². The lowest BCUT2D eigenvalue weighted by Crippen LogP contribution is -1.90. The van der Waals surface area contributed by atoms with Gasteiger partial charge in [-0.3, -0.25) is 15.1 Å². The maximum Gasteiger partial charge on any atom is 0.138 e. The summed E-state index contributed by atoms with van der Waals surface area (Å²) >= 11 is 0. The third kappa shape index (κ3) is 2.89. The SMILES string of the molecule is Nc1cncc(-c2ccc3[nH]nc(-c4cc5c(-c6cccnc6)ccnc5[nH]4)c3n2)c1. The van der Waals surface area contributed by atoms with Crippen LogP contribution in [0.15, 0.2) is 73.4 Å². The molecule has 0 unspecified atom stereocenters. The van der Waals surface area contributed by atoms with Gasteiger partial charge in [-0.15, -0.1) is 0 Å². The Morgan fingerprint density at radius 2 is 1.81 bits per heavy atom. The van der Waals surface area contributed by atoms with Crippen molar-refractivity contribution in [3.63, 3.8) is 0 Å². The number of rotatable bonds is 3. The molecule has 6 heterocycles. The third-order valence-electron chi connectivity index (χ3n) is 5.22. The minimum absolute atomic E-state index is 0.594. The van der Waals surface area contributed by atoms with Crippen molar-refractivity contribution in [2.45, 2.75) is 0 Å². The third-order valence-corrected chi connectivity index (χ3v) is 5.22. The monoisotopic (exact) mass is 404 g/mol. The Bertz CT molecular complexity index is 1550. The second-order valence-electron chi connectivity index (χ2n) is 7.22. The summed E-state index contributed by atoms with van der Waals surface area (Å²) in [5.41, 5.74) is 14.1. The molecule has 0 saturated heterocycles. The Labute approximate surface area is 176 Å². The molecule has 0 aliphatic rings. The molecule has 31 heavy (non-hydrogen) atoms. The topological polar surface area (TPSA) is 122 Å². The first-order valence-electron chi connectivity index (χ1n) is 9.71. The summed E-state index contributed by atoms with van der Waals surface area (Å²) in [6.07, 6.45) is 8.76. The molecule has 0 bridgehead atoms. The summed E-state index contributed by atoms with van der Waals surface area (Å²) in [5, 5.41) is 8.58. The van der Waals surface area contributed by atoms with Gasteiger partial charge in [-0.1, -0.05) is 6.07 Å². The average molecular weight is 404 g/mol. The number of nitrogens with zero attached hydrogens (tertiary/aromatic N) is 5. The smallest absolute Gasteiger partial charge is 0.138 e. The second-order valence-corrected chi connectivity index (χ2v) is 7.22. The number of nitrogens with one attached hydrogen (secondary N) is 2. The van der Waals surface area contributed by atoms with Crippen LogP contribution in [0.1, 0.15) is 0 Å². The van der Waals surface area contributed by atoms with Crippen molar-refractivity contribution in [2.75, 3.05) is 5.73 Å². The van der Waals surface area contributed by atoms with Crippen LogP contribution >= 0.6 is 0 Å². The van der Waals surface area contributed by atoms with Gasteiger partial charge in [0.15, 0.2) is 0 Å². The molecule has 0 atom stereocenters. The number of pyridine rings is 4. The Hall–Kier alpha value is -4.59. The van der Waals surface area contributed by atoms with E-state index in [0.29, 0.717) is 5.69 Å². The molecule has 148 valence electrons. The van der Waals surface area contributed by atoms with E-state index in [2.05, 4.69) is 36.2 Å². The molecule has 6 rings (SSSR count). The van der Waals surface area contributed by atoms with Crippen molar-refractivity contribution in [3.8, 4) is 33.8 Å². The van der Waals surface area contributed by atoms with Gasteiger partial charge in [-0.05, 0) is 42.0 Å². The number of aromatic nitrogens is 7. The molecule has 8 nitrogen and oxygen atoms in total. The van der Waals surface area contributed by atoms with Crippen molar-refractivity contribution in [2.24, 2.45) is 0 Å². The number of H-pyrrole nitrogens is 2. The minimum Gasteiger partial charge on any atom is -0.397 e. The lowest BCUT2D eigenvalue weighted by molar-refractivity contribution is 1.12. The summed E-state index contributed by atoms with van der Waals surface area (Å²) < 4.78 is 0. The van der Waals surface area contributed by atoms with E-state index in [1.165, 1.54) is 0 Å². The molecule has 0 aliphatic heterocycles. The quantitative estimate of drug-likeness (QED) is 0.406. The van der Waals surface area contributed by atoms with Gasteiger partial charge < -0.3 is 10.7 Å². The van der Waals surface area contributed by atoms with Gasteiger partial charge in [-0.2, -0.15) is 5.10 Å². The lowest BCUT2D eigenvalue weighted by Gasteiger charge is -2.02. The number of aromatic amines is 2. The van der Waals surface area contributed by atoms with E-state index in [4.69, 9.17) is 10.7 Å². The first kappa shape index (κ1) is 17.3. The van der Waals surface area contributed by atoms with Gasteiger partial charge >= 0.3 is 0 Å². The van der Waals surface area contributed by atoms with Crippen LogP contribution in [0.3, 0.4) is 0 Å². The Balaban J connectivity index is 1.51. The summed E-state index contributed by atoms with van der Waals surface area (Å²) in [6, 6.07) is 13.7. The van der Waals surface area contributed by atoms with Crippen molar-refractivity contribution < 1.29 is 0 Å². The number of nitrogens with two attached hydrogens (primary N) is 1. The summed E-state index contributed by atoms with van der Waals surface area (Å²) in [6.45, 7) is 0. The Morgan fingerprint density at radius 1 is 0.871 bits per heavy atom. The fourth-order valence-electron chi connectivity index (χ4n) is 3.77. The van der Waals surface area contributed by atoms with Gasteiger partial charge in [0.05, 0.1) is 22.6 Å². The highest BCUT2D eigenvalue weighted by molar-refractivity contribution is 5.98. The van der Waals surface area contributed by atoms with E-state index >= 15 is 0 Å². The maximum atomic E-state index is 5.89.